The molecule has 4 aromatic rings. The molecule has 32 heavy (non-hydrogen) atoms. The molecule has 0 radical (unpaired) electrons. The molecular weight excluding hydrogens is 482 g/mol. The third-order valence-electron chi connectivity index (χ3n) is 5.00. The lowest BCUT2D eigenvalue weighted by molar-refractivity contribution is 0.0696. The molecule has 4 rings (SSSR count). The number of aromatic carboxylic acids is 1. The van der Waals surface area contributed by atoms with Gasteiger partial charge in [-0.25, -0.2) is 18.6 Å². The fourth-order valence-electron chi connectivity index (χ4n) is 3.45. The van der Waals surface area contributed by atoms with Crippen molar-refractivity contribution in [3.8, 4) is 11.3 Å². The predicted molar refractivity (Wildman–Crippen MR) is 121 cm³/mol. The van der Waals surface area contributed by atoms with Crippen molar-refractivity contribution in [1.29, 1.82) is 0 Å². The number of hydrogen-bond donors (Lipinski definition) is 2. The Labute approximate surface area is 189 Å². The number of benzene rings is 3. The summed E-state index contributed by atoms with van der Waals surface area (Å²) < 4.78 is 28.5. The monoisotopic (exact) mass is 496 g/mol. The van der Waals surface area contributed by atoms with Crippen molar-refractivity contribution in [3.63, 3.8) is 0 Å². The van der Waals surface area contributed by atoms with Gasteiger partial charge in [0.15, 0.2) is 0 Å². The van der Waals surface area contributed by atoms with E-state index in [0.29, 0.717) is 27.7 Å². The molecule has 8 heteroatoms. The number of rotatable bonds is 4. The lowest BCUT2D eigenvalue weighted by atomic mass is 9.97. The second-order valence-corrected chi connectivity index (χ2v) is 8.00. The fraction of sp³-hybridized carbons (Fsp3) is 0.0417. The number of hydrogen-bond acceptors (Lipinski definition) is 3. The number of amides is 1. The van der Waals surface area contributed by atoms with Gasteiger partial charge in [-0.15, -0.1) is 0 Å². The van der Waals surface area contributed by atoms with Crippen LogP contribution in [-0.4, -0.2) is 22.0 Å². The molecule has 0 fully saturated rings. The molecule has 0 saturated heterocycles. The zero-order valence-corrected chi connectivity index (χ0v) is 18.2. The van der Waals surface area contributed by atoms with Crippen LogP contribution in [0.3, 0.4) is 0 Å². The van der Waals surface area contributed by atoms with Gasteiger partial charge in [0, 0.05) is 15.4 Å². The van der Waals surface area contributed by atoms with Gasteiger partial charge < -0.3 is 10.4 Å². The molecule has 0 unspecified atom stereocenters. The van der Waals surface area contributed by atoms with Crippen LogP contribution in [0.4, 0.5) is 14.5 Å². The Kier molecular flexibility index (Phi) is 5.71. The number of aromatic nitrogens is 1. The molecule has 0 spiro atoms. The summed E-state index contributed by atoms with van der Waals surface area (Å²) in [6.45, 7) is 1.71. The number of pyridine rings is 1. The van der Waals surface area contributed by atoms with Crippen LogP contribution in [0.15, 0.2) is 65.1 Å². The normalized spacial score (nSPS) is 10.9. The molecule has 0 atom stereocenters. The van der Waals surface area contributed by atoms with Crippen LogP contribution in [0.1, 0.15) is 26.3 Å². The number of carboxylic acids is 1. The summed E-state index contributed by atoms with van der Waals surface area (Å²) in [5, 5.41) is 12.1. The Morgan fingerprint density at radius 3 is 2.38 bits per heavy atom. The molecule has 2 N–H and O–H groups in total. The Morgan fingerprint density at radius 1 is 1.00 bits per heavy atom. The van der Waals surface area contributed by atoms with E-state index >= 15 is 0 Å². The lowest BCUT2D eigenvalue weighted by Crippen LogP contribution is -2.16. The zero-order chi connectivity index (χ0) is 23.0. The number of carbonyl (C=O) groups is 2. The number of fused-ring (bicyclic) bond motifs is 1. The van der Waals surface area contributed by atoms with Crippen LogP contribution in [0.25, 0.3) is 22.2 Å². The first kappa shape index (κ1) is 21.6. The van der Waals surface area contributed by atoms with Gasteiger partial charge >= 0.3 is 5.97 Å². The Balaban J connectivity index is 1.85. The van der Waals surface area contributed by atoms with Crippen molar-refractivity contribution in [3.05, 3.63) is 93.5 Å². The van der Waals surface area contributed by atoms with Gasteiger partial charge in [-0.2, -0.15) is 0 Å². The Hall–Kier alpha value is -3.65. The van der Waals surface area contributed by atoms with Gasteiger partial charge in [0.2, 0.25) is 0 Å². The van der Waals surface area contributed by atoms with Crippen LogP contribution in [0.5, 0.6) is 0 Å². The predicted octanol–water partition coefficient (Wildman–Crippen LogP) is 6.20. The van der Waals surface area contributed by atoms with E-state index < -0.39 is 23.5 Å². The highest BCUT2D eigenvalue weighted by molar-refractivity contribution is 9.10. The zero-order valence-electron chi connectivity index (χ0n) is 16.6. The Morgan fingerprint density at radius 2 is 1.72 bits per heavy atom. The molecular formula is C24H15BrF2N2O3. The van der Waals surface area contributed by atoms with Gasteiger partial charge in [0.05, 0.1) is 28.0 Å². The van der Waals surface area contributed by atoms with E-state index in [-0.39, 0.29) is 16.8 Å². The van der Waals surface area contributed by atoms with Crippen molar-refractivity contribution >= 4 is 44.4 Å². The van der Waals surface area contributed by atoms with Gasteiger partial charge in [0.1, 0.15) is 11.6 Å². The number of carbonyl (C=O) groups excluding carboxylic acids is 1. The van der Waals surface area contributed by atoms with E-state index in [9.17, 15) is 18.4 Å². The summed E-state index contributed by atoms with van der Waals surface area (Å²) in [6, 6.07) is 14.3. The SMILES string of the molecule is Cc1c(-c2ccc(F)cc2)nc2ccc(Br)cc2c1C(=O)Nc1ccc(C(=O)O)cc1F. The van der Waals surface area contributed by atoms with E-state index in [1.807, 2.05) is 0 Å². The minimum absolute atomic E-state index is 0.150. The van der Waals surface area contributed by atoms with Crippen molar-refractivity contribution in [1.82, 2.24) is 4.98 Å². The molecule has 1 aromatic heterocycles. The van der Waals surface area contributed by atoms with Gasteiger partial charge in [-0.05, 0) is 73.2 Å². The molecule has 3 aromatic carbocycles. The number of carboxylic acid groups (broad SMARTS) is 1. The highest BCUT2D eigenvalue weighted by atomic mass is 79.9. The molecule has 0 saturated carbocycles. The summed E-state index contributed by atoms with van der Waals surface area (Å²) in [5.74, 6) is -3.12. The van der Waals surface area contributed by atoms with Gasteiger partial charge in [-0.3, -0.25) is 4.79 Å². The van der Waals surface area contributed by atoms with E-state index in [1.54, 1.807) is 37.3 Å². The number of anilines is 1. The summed E-state index contributed by atoms with van der Waals surface area (Å²) in [6.07, 6.45) is 0. The van der Waals surface area contributed by atoms with Gasteiger partial charge in [-0.1, -0.05) is 15.9 Å². The summed E-state index contributed by atoms with van der Waals surface area (Å²) in [7, 11) is 0. The topological polar surface area (TPSA) is 79.3 Å². The molecule has 5 nitrogen and oxygen atoms in total. The average Bonchev–Trinajstić information content (AvgIpc) is 2.75. The summed E-state index contributed by atoms with van der Waals surface area (Å²) in [5.41, 5.74) is 2.08. The van der Waals surface area contributed by atoms with Crippen LogP contribution in [-0.2, 0) is 0 Å². The first-order valence-electron chi connectivity index (χ1n) is 9.44. The second-order valence-electron chi connectivity index (χ2n) is 7.08. The number of nitrogens with one attached hydrogen (secondary N) is 1. The van der Waals surface area contributed by atoms with Crippen LogP contribution >= 0.6 is 15.9 Å². The molecule has 1 heterocycles. The number of nitrogens with zero attached hydrogens (tertiary/aromatic N) is 1. The molecule has 1 amide bonds. The van der Waals surface area contributed by atoms with Crippen LogP contribution in [0.2, 0.25) is 0 Å². The standard InChI is InChI=1S/C24H15BrF2N2O3/c1-12-21(23(30)29-20-8-4-14(24(31)32)10-18(20)27)17-11-15(25)5-9-19(17)28-22(12)13-2-6-16(26)7-3-13/h2-11H,1H3,(H,29,30)(H,31,32). The number of halogens is 3. The molecule has 0 bridgehead atoms. The van der Waals surface area contributed by atoms with Crippen molar-refractivity contribution in [2.75, 3.05) is 5.32 Å². The van der Waals surface area contributed by atoms with Gasteiger partial charge in [0.25, 0.3) is 5.91 Å². The molecule has 0 aliphatic heterocycles. The minimum Gasteiger partial charge on any atom is -0.478 e. The van der Waals surface area contributed by atoms with E-state index in [1.165, 1.54) is 24.3 Å². The van der Waals surface area contributed by atoms with Crippen molar-refractivity contribution < 1.29 is 23.5 Å². The summed E-state index contributed by atoms with van der Waals surface area (Å²) >= 11 is 3.39. The van der Waals surface area contributed by atoms with E-state index in [4.69, 9.17) is 5.11 Å². The highest BCUT2D eigenvalue weighted by Gasteiger charge is 2.21. The average molecular weight is 497 g/mol. The fourth-order valence-corrected chi connectivity index (χ4v) is 3.81. The third kappa shape index (κ3) is 4.09. The van der Waals surface area contributed by atoms with E-state index in [0.717, 1.165) is 10.5 Å². The molecule has 0 aliphatic carbocycles. The Bertz CT molecular complexity index is 1390. The maximum Gasteiger partial charge on any atom is 0.335 e. The third-order valence-corrected chi connectivity index (χ3v) is 5.49. The maximum absolute atomic E-state index is 14.4. The van der Waals surface area contributed by atoms with E-state index in [2.05, 4.69) is 26.2 Å². The molecule has 160 valence electrons. The summed E-state index contributed by atoms with van der Waals surface area (Å²) in [4.78, 5) is 29.0. The highest BCUT2D eigenvalue weighted by Crippen LogP contribution is 2.32. The first-order valence-corrected chi connectivity index (χ1v) is 10.2. The van der Waals surface area contributed by atoms with Crippen molar-refractivity contribution in [2.24, 2.45) is 0 Å². The quantitative estimate of drug-likeness (QED) is 0.352. The second kappa shape index (κ2) is 8.47. The smallest absolute Gasteiger partial charge is 0.335 e. The van der Waals surface area contributed by atoms with Crippen LogP contribution < -0.4 is 5.32 Å². The van der Waals surface area contributed by atoms with Crippen molar-refractivity contribution in [2.45, 2.75) is 6.92 Å². The maximum atomic E-state index is 14.4. The van der Waals surface area contributed by atoms with Crippen LogP contribution in [0, 0.1) is 18.6 Å². The molecule has 0 aliphatic rings. The lowest BCUT2D eigenvalue weighted by Gasteiger charge is -2.15. The largest absolute Gasteiger partial charge is 0.478 e. The minimum atomic E-state index is -1.27. The first-order chi connectivity index (χ1) is 15.2.